The van der Waals surface area contributed by atoms with Crippen LogP contribution >= 0.6 is 0 Å². The molecule has 0 radical (unpaired) electrons. The number of hydrogen-bond donors (Lipinski definition) is 2. The molecule has 25 heavy (non-hydrogen) atoms. The lowest BCUT2D eigenvalue weighted by molar-refractivity contribution is -0.165. The summed E-state index contributed by atoms with van der Waals surface area (Å²) >= 11 is 0. The van der Waals surface area contributed by atoms with Crippen molar-refractivity contribution in [3.05, 3.63) is 36.5 Å². The lowest BCUT2D eigenvalue weighted by atomic mass is 10.1. The molecule has 0 bridgehead atoms. The molecule has 1 unspecified atom stereocenters. The number of carboxylic acids is 1. The van der Waals surface area contributed by atoms with E-state index in [1.165, 1.54) is 0 Å². The Morgan fingerprint density at radius 2 is 1.64 bits per heavy atom. The van der Waals surface area contributed by atoms with E-state index < -0.39 is 18.3 Å². The number of rotatable bonds is 15. The van der Waals surface area contributed by atoms with E-state index in [1.54, 1.807) is 6.08 Å². The van der Waals surface area contributed by atoms with Gasteiger partial charge in [-0.1, -0.05) is 62.6 Å². The van der Waals surface area contributed by atoms with Gasteiger partial charge in [-0.2, -0.15) is 8.78 Å². The Hall–Kier alpha value is -1.49. The molecule has 0 aliphatic rings. The van der Waals surface area contributed by atoms with Crippen molar-refractivity contribution in [1.29, 1.82) is 0 Å². The molecule has 0 saturated heterocycles. The van der Waals surface area contributed by atoms with Gasteiger partial charge < -0.3 is 10.2 Å². The average Bonchev–Trinajstić information content (AvgIpc) is 2.55. The van der Waals surface area contributed by atoms with Gasteiger partial charge in [-0.3, -0.25) is 0 Å². The van der Waals surface area contributed by atoms with Crippen LogP contribution in [0, 0.1) is 0 Å². The summed E-state index contributed by atoms with van der Waals surface area (Å²) in [5.74, 6) is -5.69. The van der Waals surface area contributed by atoms with Crippen molar-refractivity contribution in [3.8, 4) is 0 Å². The lowest BCUT2D eigenvalue weighted by Gasteiger charge is -2.08. The second kappa shape index (κ2) is 14.8. The molecular weight excluding hydrogens is 326 g/mol. The molecule has 0 aliphatic heterocycles. The van der Waals surface area contributed by atoms with Crippen molar-refractivity contribution >= 4 is 5.97 Å². The van der Waals surface area contributed by atoms with Gasteiger partial charge in [0.15, 0.2) is 0 Å². The molecule has 0 saturated carbocycles. The van der Waals surface area contributed by atoms with Crippen LogP contribution in [0.5, 0.6) is 0 Å². The molecule has 5 heteroatoms. The molecule has 0 heterocycles. The Balaban J connectivity index is 3.60. The van der Waals surface area contributed by atoms with E-state index >= 15 is 0 Å². The number of allylic oxidation sites excluding steroid dienone is 5. The minimum Gasteiger partial charge on any atom is -0.477 e. The summed E-state index contributed by atoms with van der Waals surface area (Å²) in [7, 11) is 0. The minimum absolute atomic E-state index is 0.0740. The number of hydrogen-bond acceptors (Lipinski definition) is 2. The minimum atomic E-state index is -3.63. The summed E-state index contributed by atoms with van der Waals surface area (Å²) < 4.78 is 25.6. The van der Waals surface area contributed by atoms with Crippen LogP contribution in [-0.4, -0.2) is 28.2 Å². The number of aliphatic hydroxyl groups excluding tert-OH is 1. The predicted molar refractivity (Wildman–Crippen MR) is 97.9 cm³/mol. The maximum atomic E-state index is 12.8. The number of carboxylic acid groups (broad SMARTS) is 1. The fourth-order valence-corrected chi connectivity index (χ4v) is 2.20. The zero-order valence-corrected chi connectivity index (χ0v) is 15.2. The highest BCUT2D eigenvalue weighted by molar-refractivity contribution is 5.75. The maximum Gasteiger partial charge on any atom is 0.374 e. The Labute approximate surface area is 150 Å². The standard InChI is InChI=1S/C20H32F2O3/c1-2-3-12-15-18(23)16-13-10-8-6-4-5-7-9-11-14-17-20(21,22)19(24)25/h8-11,13,16,18,23H,2-7,12,14-15,17H2,1H3,(H,24,25)/b10-8+,11-9+,16-13+. The molecule has 0 aromatic rings. The summed E-state index contributed by atoms with van der Waals surface area (Å²) in [5, 5.41) is 18.0. The summed E-state index contributed by atoms with van der Waals surface area (Å²) in [5.41, 5.74) is 0. The van der Waals surface area contributed by atoms with E-state index in [4.69, 9.17) is 5.11 Å². The summed E-state index contributed by atoms with van der Waals surface area (Å²) in [4.78, 5) is 10.2. The molecular formula is C20H32F2O3. The highest BCUT2D eigenvalue weighted by Gasteiger charge is 2.37. The Kier molecular flexibility index (Phi) is 13.9. The van der Waals surface area contributed by atoms with Crippen molar-refractivity contribution in [1.82, 2.24) is 0 Å². The molecule has 0 rings (SSSR count). The van der Waals surface area contributed by atoms with Crippen LogP contribution in [0.4, 0.5) is 8.78 Å². The third-order valence-electron chi connectivity index (χ3n) is 3.78. The fraction of sp³-hybridized carbons (Fsp3) is 0.650. The fourth-order valence-electron chi connectivity index (χ4n) is 2.20. The van der Waals surface area contributed by atoms with E-state index in [1.807, 2.05) is 30.4 Å². The summed E-state index contributed by atoms with van der Waals surface area (Å²) in [6.45, 7) is 2.14. The van der Waals surface area contributed by atoms with Gasteiger partial charge in [0.05, 0.1) is 6.10 Å². The van der Waals surface area contributed by atoms with E-state index in [2.05, 4.69) is 6.92 Å². The monoisotopic (exact) mass is 358 g/mol. The second-order valence-electron chi connectivity index (χ2n) is 6.18. The van der Waals surface area contributed by atoms with Crippen LogP contribution in [-0.2, 0) is 4.79 Å². The third kappa shape index (κ3) is 14.6. The molecule has 0 fully saturated rings. The quantitative estimate of drug-likeness (QED) is 0.226. The van der Waals surface area contributed by atoms with Crippen molar-refractivity contribution in [2.45, 2.75) is 83.2 Å². The first-order valence-corrected chi connectivity index (χ1v) is 9.17. The molecule has 1 atom stereocenters. The molecule has 2 N–H and O–H groups in total. The van der Waals surface area contributed by atoms with Gasteiger partial charge in [0.2, 0.25) is 0 Å². The first-order chi connectivity index (χ1) is 11.9. The van der Waals surface area contributed by atoms with Gasteiger partial charge in [-0.15, -0.1) is 0 Å². The smallest absolute Gasteiger partial charge is 0.374 e. The topological polar surface area (TPSA) is 57.5 Å². The molecule has 3 nitrogen and oxygen atoms in total. The predicted octanol–water partition coefficient (Wildman–Crippen LogP) is 5.66. The van der Waals surface area contributed by atoms with Crippen LogP contribution in [0.3, 0.4) is 0 Å². The number of aliphatic carboxylic acids is 1. The Bertz CT molecular complexity index is 429. The lowest BCUT2D eigenvalue weighted by Crippen LogP contribution is -2.27. The molecule has 0 aliphatic carbocycles. The SMILES string of the molecule is CCCCCC(O)/C=C/C=C/CCCC/C=C/CCC(F)(F)C(=O)O. The number of unbranched alkanes of at least 4 members (excludes halogenated alkanes) is 5. The normalized spacial score (nSPS) is 14.1. The van der Waals surface area contributed by atoms with Crippen LogP contribution in [0.2, 0.25) is 0 Å². The largest absolute Gasteiger partial charge is 0.477 e. The van der Waals surface area contributed by atoms with Crippen LogP contribution in [0.15, 0.2) is 36.5 Å². The van der Waals surface area contributed by atoms with Crippen LogP contribution in [0.1, 0.15) is 71.1 Å². The average molecular weight is 358 g/mol. The molecule has 0 amide bonds. The van der Waals surface area contributed by atoms with Gasteiger partial charge in [-0.05, 0) is 38.5 Å². The van der Waals surface area contributed by atoms with Crippen LogP contribution < -0.4 is 0 Å². The first kappa shape index (κ1) is 23.5. The van der Waals surface area contributed by atoms with Crippen molar-refractivity contribution < 1.29 is 23.8 Å². The van der Waals surface area contributed by atoms with Crippen molar-refractivity contribution in [3.63, 3.8) is 0 Å². The maximum absolute atomic E-state index is 12.8. The third-order valence-corrected chi connectivity index (χ3v) is 3.78. The van der Waals surface area contributed by atoms with Gasteiger partial charge in [-0.25, -0.2) is 4.79 Å². The second-order valence-corrected chi connectivity index (χ2v) is 6.18. The van der Waals surface area contributed by atoms with Gasteiger partial charge in [0.25, 0.3) is 0 Å². The highest BCUT2D eigenvalue weighted by Crippen LogP contribution is 2.20. The van der Waals surface area contributed by atoms with Gasteiger partial charge in [0, 0.05) is 6.42 Å². The number of halogens is 2. The Morgan fingerprint density at radius 1 is 1.00 bits per heavy atom. The number of alkyl halides is 2. The first-order valence-electron chi connectivity index (χ1n) is 9.17. The highest BCUT2D eigenvalue weighted by atomic mass is 19.3. The molecule has 144 valence electrons. The Morgan fingerprint density at radius 3 is 2.28 bits per heavy atom. The zero-order chi connectivity index (χ0) is 19.0. The van der Waals surface area contributed by atoms with Crippen molar-refractivity contribution in [2.75, 3.05) is 0 Å². The van der Waals surface area contributed by atoms with Gasteiger partial charge in [0.1, 0.15) is 0 Å². The van der Waals surface area contributed by atoms with E-state index in [9.17, 15) is 18.7 Å². The number of carbonyl (C=O) groups is 1. The zero-order valence-electron chi connectivity index (χ0n) is 15.2. The summed E-state index contributed by atoms with van der Waals surface area (Å²) in [6, 6.07) is 0. The van der Waals surface area contributed by atoms with Crippen molar-refractivity contribution in [2.24, 2.45) is 0 Å². The van der Waals surface area contributed by atoms with Gasteiger partial charge >= 0.3 is 11.9 Å². The molecule has 0 aromatic heterocycles. The number of aliphatic hydroxyl groups is 1. The van der Waals surface area contributed by atoms with E-state index in [0.29, 0.717) is 0 Å². The molecule has 0 aromatic carbocycles. The van der Waals surface area contributed by atoms with Crippen LogP contribution in [0.25, 0.3) is 0 Å². The summed E-state index contributed by atoms with van der Waals surface area (Å²) in [6.07, 6.45) is 18.0. The van der Waals surface area contributed by atoms with E-state index in [-0.39, 0.29) is 12.5 Å². The molecule has 0 spiro atoms. The van der Waals surface area contributed by atoms with E-state index in [0.717, 1.165) is 51.4 Å².